The van der Waals surface area contributed by atoms with Crippen LogP contribution in [-0.2, 0) is 28.6 Å². The number of allylic oxidation sites excluding steroid dienone is 23. The van der Waals surface area contributed by atoms with Gasteiger partial charge in [-0.1, -0.05) is 199 Å². The third-order valence-corrected chi connectivity index (χ3v) is 9.59. The van der Waals surface area contributed by atoms with Crippen LogP contribution in [0.15, 0.2) is 146 Å². The second-order valence-electron chi connectivity index (χ2n) is 15.6. The van der Waals surface area contributed by atoms with E-state index < -0.39 is 12.1 Å². The van der Waals surface area contributed by atoms with Crippen molar-refractivity contribution < 1.29 is 28.6 Å². The Balaban J connectivity index is 4.66. The lowest BCUT2D eigenvalue weighted by Gasteiger charge is -2.18. The second-order valence-corrected chi connectivity index (χ2v) is 15.6. The first-order valence-electron chi connectivity index (χ1n) is 24.8. The van der Waals surface area contributed by atoms with E-state index in [2.05, 4.69) is 154 Å². The fourth-order valence-corrected chi connectivity index (χ4v) is 5.92. The van der Waals surface area contributed by atoms with Gasteiger partial charge in [0.25, 0.3) is 0 Å². The summed E-state index contributed by atoms with van der Waals surface area (Å²) in [5.74, 6) is -1.17. The lowest BCUT2D eigenvalue weighted by atomic mass is 10.1. The number of carbonyl (C=O) groups excluding carboxylic acids is 3. The van der Waals surface area contributed by atoms with Gasteiger partial charge >= 0.3 is 17.9 Å². The summed E-state index contributed by atoms with van der Waals surface area (Å²) in [5, 5.41) is 0. The van der Waals surface area contributed by atoms with E-state index in [1.54, 1.807) is 6.08 Å². The first-order valence-corrected chi connectivity index (χ1v) is 24.8. The van der Waals surface area contributed by atoms with Crippen LogP contribution in [0.5, 0.6) is 0 Å². The van der Waals surface area contributed by atoms with Crippen molar-refractivity contribution in [3.8, 4) is 0 Å². The zero-order valence-electron chi connectivity index (χ0n) is 40.5. The third kappa shape index (κ3) is 48.3. The van der Waals surface area contributed by atoms with Crippen molar-refractivity contribution in [2.24, 2.45) is 0 Å². The molecule has 1 atom stereocenters. The molecule has 0 heterocycles. The Kier molecular flexibility index (Phi) is 47.2. The molecule has 0 aromatic carbocycles. The Bertz CT molecular complexity index is 1480. The van der Waals surface area contributed by atoms with Crippen molar-refractivity contribution >= 4 is 17.9 Å². The van der Waals surface area contributed by atoms with Gasteiger partial charge in [0.1, 0.15) is 13.2 Å². The number of rotatable bonds is 42. The van der Waals surface area contributed by atoms with Crippen LogP contribution in [0.3, 0.4) is 0 Å². The third-order valence-electron chi connectivity index (χ3n) is 9.59. The molecule has 0 radical (unpaired) electrons. The molecule has 6 heteroatoms. The van der Waals surface area contributed by atoms with Gasteiger partial charge in [0.05, 0.1) is 6.42 Å². The maximum atomic E-state index is 12.7. The maximum Gasteiger partial charge on any atom is 0.310 e. The van der Waals surface area contributed by atoms with Gasteiger partial charge in [-0.15, -0.1) is 0 Å². The second kappa shape index (κ2) is 50.9. The van der Waals surface area contributed by atoms with E-state index in [0.717, 1.165) is 109 Å². The van der Waals surface area contributed by atoms with E-state index in [4.69, 9.17) is 14.2 Å². The minimum atomic E-state index is -0.867. The Morgan fingerprint density at radius 1 is 0.344 bits per heavy atom. The number of hydrogen-bond acceptors (Lipinski definition) is 6. The van der Waals surface area contributed by atoms with Crippen molar-refractivity contribution in [3.05, 3.63) is 146 Å². The molecule has 0 aromatic rings. The van der Waals surface area contributed by atoms with Gasteiger partial charge in [-0.05, 0) is 109 Å². The fourth-order valence-electron chi connectivity index (χ4n) is 5.92. The molecule has 0 amide bonds. The molecule has 0 aliphatic rings. The minimum absolute atomic E-state index is 0.0745. The van der Waals surface area contributed by atoms with Crippen molar-refractivity contribution in [1.82, 2.24) is 0 Å². The van der Waals surface area contributed by atoms with Crippen LogP contribution >= 0.6 is 0 Å². The van der Waals surface area contributed by atoms with Crippen molar-refractivity contribution in [1.29, 1.82) is 0 Å². The number of hydrogen-bond donors (Lipinski definition) is 0. The fraction of sp³-hybridized carbons (Fsp3) is 0.534. The molecule has 6 nitrogen and oxygen atoms in total. The summed E-state index contributed by atoms with van der Waals surface area (Å²) < 4.78 is 16.6. The largest absolute Gasteiger partial charge is 0.462 e. The first-order chi connectivity index (χ1) is 31.5. The minimum Gasteiger partial charge on any atom is -0.462 e. The molecule has 0 saturated carbocycles. The van der Waals surface area contributed by atoms with E-state index in [9.17, 15) is 14.4 Å². The van der Waals surface area contributed by atoms with Crippen LogP contribution in [0, 0.1) is 0 Å². The molecular weight excluding hydrogens is 793 g/mol. The van der Waals surface area contributed by atoms with Crippen LogP contribution in [0.4, 0.5) is 0 Å². The average molecular weight is 881 g/mol. The number of esters is 3. The van der Waals surface area contributed by atoms with Gasteiger partial charge in [0.2, 0.25) is 0 Å². The van der Waals surface area contributed by atoms with Gasteiger partial charge in [0.15, 0.2) is 6.10 Å². The van der Waals surface area contributed by atoms with Crippen LogP contribution < -0.4 is 0 Å². The highest BCUT2D eigenvalue weighted by molar-refractivity contribution is 5.72. The Morgan fingerprint density at radius 2 is 0.672 bits per heavy atom. The zero-order chi connectivity index (χ0) is 46.5. The summed E-state index contributed by atoms with van der Waals surface area (Å²) in [7, 11) is 0. The lowest BCUT2D eigenvalue weighted by molar-refractivity contribution is -0.166. The zero-order valence-corrected chi connectivity index (χ0v) is 40.5. The predicted octanol–water partition coefficient (Wildman–Crippen LogP) is 16.5. The average Bonchev–Trinajstić information content (AvgIpc) is 3.29. The van der Waals surface area contributed by atoms with Gasteiger partial charge in [-0.2, -0.15) is 0 Å². The van der Waals surface area contributed by atoms with Gasteiger partial charge < -0.3 is 14.2 Å². The molecule has 0 aromatic heterocycles. The molecule has 0 N–H and O–H groups in total. The van der Waals surface area contributed by atoms with Crippen molar-refractivity contribution in [3.63, 3.8) is 0 Å². The molecular formula is C58H88O6. The standard InChI is InChI=1S/C58H88O6/c1-4-7-10-13-16-19-22-25-28-29-31-33-36-39-42-45-48-51-57(60)63-54-55(53-62-56(59)50-47-44-41-38-35-32-27-24-21-18-15-12-9-6-3)64-58(61)52-49-46-43-40-37-34-30-26-23-20-17-14-11-8-5-2/h7-8,10-11,15-20,24-28,30-31,33,37,39-40,42,46,49,55H,4-6,9,12-14,21-23,29,32,34-36,38,41,43-45,47-48,50-54H2,1-3H3/b10-7-,11-8-,18-15-,19-16-,20-17-,27-24-,28-25-,30-26-,33-31-,40-37-,42-39-,49-46-. The van der Waals surface area contributed by atoms with Crippen LogP contribution in [0.2, 0.25) is 0 Å². The summed E-state index contributed by atoms with van der Waals surface area (Å²) in [6, 6.07) is 0. The molecule has 356 valence electrons. The van der Waals surface area contributed by atoms with Gasteiger partial charge in [-0.3, -0.25) is 14.4 Å². The first kappa shape index (κ1) is 59.3. The molecule has 0 saturated heterocycles. The highest BCUT2D eigenvalue weighted by atomic mass is 16.6. The van der Waals surface area contributed by atoms with E-state index in [1.165, 1.54) is 19.3 Å². The monoisotopic (exact) mass is 881 g/mol. The number of carbonyl (C=O) groups is 3. The van der Waals surface area contributed by atoms with E-state index in [-0.39, 0.29) is 38.0 Å². The molecule has 1 unspecified atom stereocenters. The Labute approximate surface area is 391 Å². The molecule has 0 bridgehead atoms. The smallest absolute Gasteiger partial charge is 0.310 e. The predicted molar refractivity (Wildman–Crippen MR) is 274 cm³/mol. The quantitative estimate of drug-likeness (QED) is 0.0263. The molecule has 0 aliphatic heterocycles. The van der Waals surface area contributed by atoms with Gasteiger partial charge in [0, 0.05) is 12.8 Å². The van der Waals surface area contributed by atoms with Crippen molar-refractivity contribution in [2.75, 3.05) is 13.2 Å². The Morgan fingerprint density at radius 3 is 1.09 bits per heavy atom. The highest BCUT2D eigenvalue weighted by Crippen LogP contribution is 2.10. The molecule has 64 heavy (non-hydrogen) atoms. The maximum absolute atomic E-state index is 12.7. The van der Waals surface area contributed by atoms with E-state index >= 15 is 0 Å². The lowest BCUT2D eigenvalue weighted by Crippen LogP contribution is -2.30. The topological polar surface area (TPSA) is 78.9 Å². The summed E-state index contributed by atoms with van der Waals surface area (Å²) in [6.45, 7) is 6.19. The van der Waals surface area contributed by atoms with Gasteiger partial charge in [-0.25, -0.2) is 0 Å². The van der Waals surface area contributed by atoms with Crippen LogP contribution in [0.1, 0.15) is 181 Å². The SMILES string of the molecule is CC/C=C\C/C=C\C/C=C\C/C=C\C/C=C\CCCC(=O)OCC(COC(=O)CCCCCCC/C=C\C/C=C\CCCC)OC(=O)C/C=C\C/C=C\C/C=C\C/C=C\C/C=C\CC. The molecule has 0 aliphatic carbocycles. The molecule has 0 fully saturated rings. The van der Waals surface area contributed by atoms with E-state index in [0.29, 0.717) is 19.3 Å². The summed E-state index contributed by atoms with van der Waals surface area (Å²) >= 11 is 0. The highest BCUT2D eigenvalue weighted by Gasteiger charge is 2.19. The summed E-state index contributed by atoms with van der Waals surface area (Å²) in [5.41, 5.74) is 0. The Hall–Kier alpha value is -4.71. The summed E-state index contributed by atoms with van der Waals surface area (Å²) in [6.07, 6.45) is 72.9. The van der Waals surface area contributed by atoms with Crippen molar-refractivity contribution in [2.45, 2.75) is 187 Å². The normalized spacial score (nSPS) is 13.4. The van der Waals surface area contributed by atoms with E-state index in [1.807, 2.05) is 6.08 Å². The van der Waals surface area contributed by atoms with Crippen LogP contribution in [0.25, 0.3) is 0 Å². The molecule has 0 spiro atoms. The molecule has 0 rings (SSSR count). The van der Waals surface area contributed by atoms with Crippen LogP contribution in [-0.4, -0.2) is 37.2 Å². The number of unbranched alkanes of at least 4 members (excludes halogenated alkanes) is 8. The summed E-state index contributed by atoms with van der Waals surface area (Å²) in [4.78, 5) is 37.9. The number of ether oxygens (including phenoxy) is 3.